The number of aromatic nitrogens is 1. The molecule has 1 amide bonds. The van der Waals surface area contributed by atoms with Gasteiger partial charge in [-0.1, -0.05) is 0 Å². The van der Waals surface area contributed by atoms with Crippen LogP contribution in [0, 0.1) is 6.92 Å². The fraction of sp³-hybridized carbons (Fsp3) is 0.444. The van der Waals surface area contributed by atoms with Crippen molar-refractivity contribution >= 4 is 28.3 Å². The largest absolute Gasteiger partial charge is 0.464 e. The molecule has 6 nitrogen and oxygen atoms in total. The quantitative estimate of drug-likeness (QED) is 0.585. The predicted octanol–water partition coefficient (Wildman–Crippen LogP) is 0.280. The fourth-order valence-electron chi connectivity index (χ4n) is 0.935. The van der Waals surface area contributed by atoms with Crippen molar-refractivity contribution in [3.63, 3.8) is 0 Å². The molecule has 0 saturated heterocycles. The van der Waals surface area contributed by atoms with E-state index in [2.05, 4.69) is 15.0 Å². The summed E-state index contributed by atoms with van der Waals surface area (Å²) in [6, 6.07) is -1.32. The van der Waals surface area contributed by atoms with Gasteiger partial charge in [-0.25, -0.2) is 9.78 Å². The summed E-state index contributed by atoms with van der Waals surface area (Å²) in [7, 11) is 0. The van der Waals surface area contributed by atoms with Crippen LogP contribution in [-0.2, 0) is 14.3 Å². The summed E-state index contributed by atoms with van der Waals surface area (Å²) in [5.41, 5.74) is 5.39. The topological polar surface area (TPSA) is 94.3 Å². The lowest BCUT2D eigenvalue weighted by atomic mass is 10.3. The molecular weight excluding hydrogens is 230 g/mol. The summed E-state index contributed by atoms with van der Waals surface area (Å²) < 4.78 is 4.63. The van der Waals surface area contributed by atoms with Crippen LogP contribution in [0.4, 0.5) is 5.13 Å². The van der Waals surface area contributed by atoms with Crippen LogP contribution in [0.1, 0.15) is 11.8 Å². The Bertz CT molecular complexity index is 391. The molecule has 0 radical (unpaired) electrons. The van der Waals surface area contributed by atoms with Gasteiger partial charge in [-0.2, -0.15) is 0 Å². The summed E-state index contributed by atoms with van der Waals surface area (Å²) >= 11 is 1.31. The van der Waals surface area contributed by atoms with Gasteiger partial charge in [0, 0.05) is 11.1 Å². The number of carbonyl (C=O) groups excluding carboxylic acids is 2. The van der Waals surface area contributed by atoms with Gasteiger partial charge in [-0.3, -0.25) is 4.79 Å². The smallest absolute Gasteiger partial charge is 0.332 e. The molecule has 1 heterocycles. The molecule has 0 fully saturated rings. The van der Waals surface area contributed by atoms with Gasteiger partial charge in [0.15, 0.2) is 11.2 Å². The minimum absolute atomic E-state index is 0.191. The second kappa shape index (κ2) is 5.57. The number of amides is 1. The van der Waals surface area contributed by atoms with Crippen LogP contribution in [0.25, 0.3) is 0 Å². The van der Waals surface area contributed by atoms with Gasteiger partial charge >= 0.3 is 5.97 Å². The molecule has 16 heavy (non-hydrogen) atoms. The zero-order chi connectivity index (χ0) is 12.1. The normalized spacial score (nSPS) is 11.9. The van der Waals surface area contributed by atoms with E-state index >= 15 is 0 Å². The third-order valence-corrected chi connectivity index (χ3v) is 2.50. The highest BCUT2D eigenvalue weighted by molar-refractivity contribution is 7.15. The summed E-state index contributed by atoms with van der Waals surface area (Å²) in [5.74, 6) is -1.36. The molecule has 1 unspecified atom stereocenters. The Morgan fingerprint density at radius 2 is 2.38 bits per heavy atom. The SMILES string of the molecule is CCOC(=O)C(N)C(=O)Nc1ncc(C)s1. The van der Waals surface area contributed by atoms with E-state index in [1.165, 1.54) is 11.3 Å². The van der Waals surface area contributed by atoms with Crippen molar-refractivity contribution in [2.45, 2.75) is 19.9 Å². The number of nitrogens with zero attached hydrogens (tertiary/aromatic N) is 1. The van der Waals surface area contributed by atoms with Crippen LogP contribution < -0.4 is 11.1 Å². The number of ether oxygens (including phenoxy) is 1. The van der Waals surface area contributed by atoms with Gasteiger partial charge < -0.3 is 15.8 Å². The number of nitrogens with one attached hydrogen (secondary N) is 1. The second-order valence-corrected chi connectivity index (χ2v) is 4.23. The number of rotatable bonds is 4. The van der Waals surface area contributed by atoms with Crippen molar-refractivity contribution in [3.05, 3.63) is 11.1 Å². The van der Waals surface area contributed by atoms with Gasteiger partial charge in [0.05, 0.1) is 6.61 Å². The molecule has 0 aromatic carbocycles. The average molecular weight is 243 g/mol. The third-order valence-electron chi connectivity index (χ3n) is 1.67. The molecule has 0 spiro atoms. The second-order valence-electron chi connectivity index (χ2n) is 3.00. The van der Waals surface area contributed by atoms with Crippen molar-refractivity contribution in [1.29, 1.82) is 0 Å². The number of aryl methyl sites for hydroxylation is 1. The number of anilines is 1. The highest BCUT2D eigenvalue weighted by Gasteiger charge is 2.23. The summed E-state index contributed by atoms with van der Waals surface area (Å²) in [4.78, 5) is 27.5. The van der Waals surface area contributed by atoms with Crippen LogP contribution in [0.5, 0.6) is 0 Å². The molecule has 0 bridgehead atoms. The van der Waals surface area contributed by atoms with Crippen LogP contribution in [0.2, 0.25) is 0 Å². The third kappa shape index (κ3) is 3.28. The lowest BCUT2D eigenvalue weighted by Crippen LogP contribution is -2.43. The molecule has 0 aliphatic rings. The predicted molar refractivity (Wildman–Crippen MR) is 60.1 cm³/mol. The first-order valence-electron chi connectivity index (χ1n) is 4.70. The maximum atomic E-state index is 11.5. The molecule has 1 atom stereocenters. The summed E-state index contributed by atoms with van der Waals surface area (Å²) in [6.07, 6.45) is 1.62. The molecule has 7 heteroatoms. The first-order valence-corrected chi connectivity index (χ1v) is 5.51. The van der Waals surface area contributed by atoms with Crippen LogP contribution >= 0.6 is 11.3 Å². The van der Waals surface area contributed by atoms with Gasteiger partial charge in [0.2, 0.25) is 0 Å². The maximum Gasteiger partial charge on any atom is 0.332 e. The first-order chi connectivity index (χ1) is 7.54. The van der Waals surface area contributed by atoms with E-state index in [4.69, 9.17) is 5.73 Å². The van der Waals surface area contributed by atoms with Gasteiger partial charge in [0.25, 0.3) is 5.91 Å². The standard InChI is InChI=1S/C9H13N3O3S/c1-3-15-8(14)6(10)7(13)12-9-11-4-5(2)16-9/h4,6H,3,10H2,1-2H3,(H,11,12,13). The molecule has 0 saturated carbocycles. The zero-order valence-electron chi connectivity index (χ0n) is 9.02. The Hall–Kier alpha value is -1.47. The molecule has 1 aromatic heterocycles. The number of nitrogens with two attached hydrogens (primary N) is 1. The molecular formula is C9H13N3O3S. The number of thiazole rings is 1. The van der Waals surface area contributed by atoms with Gasteiger partial charge in [-0.05, 0) is 13.8 Å². The number of esters is 1. The van der Waals surface area contributed by atoms with E-state index in [-0.39, 0.29) is 6.61 Å². The van der Waals surface area contributed by atoms with E-state index < -0.39 is 17.9 Å². The average Bonchev–Trinajstić information content (AvgIpc) is 2.63. The Kier molecular flexibility index (Phi) is 4.39. The molecule has 1 aromatic rings. The van der Waals surface area contributed by atoms with E-state index in [0.717, 1.165) is 4.88 Å². The van der Waals surface area contributed by atoms with Crippen molar-refractivity contribution in [1.82, 2.24) is 4.98 Å². The lowest BCUT2D eigenvalue weighted by Gasteiger charge is -2.09. The number of hydrogen-bond acceptors (Lipinski definition) is 6. The monoisotopic (exact) mass is 243 g/mol. The fourth-order valence-corrected chi connectivity index (χ4v) is 1.60. The molecule has 1 rings (SSSR count). The number of carbonyl (C=O) groups is 2. The van der Waals surface area contributed by atoms with Crippen LogP contribution in [-0.4, -0.2) is 29.5 Å². The highest BCUT2D eigenvalue weighted by Crippen LogP contribution is 2.16. The van der Waals surface area contributed by atoms with E-state index in [0.29, 0.717) is 5.13 Å². The highest BCUT2D eigenvalue weighted by atomic mass is 32.1. The maximum absolute atomic E-state index is 11.5. The zero-order valence-corrected chi connectivity index (χ0v) is 9.84. The minimum atomic E-state index is -1.32. The Morgan fingerprint density at radius 3 is 2.88 bits per heavy atom. The molecule has 3 N–H and O–H groups in total. The Balaban J connectivity index is 2.55. The lowest BCUT2D eigenvalue weighted by molar-refractivity contribution is -0.146. The Morgan fingerprint density at radius 1 is 1.69 bits per heavy atom. The molecule has 0 aliphatic heterocycles. The van der Waals surface area contributed by atoms with Crippen molar-refractivity contribution in [2.75, 3.05) is 11.9 Å². The summed E-state index contributed by atoms with van der Waals surface area (Å²) in [6.45, 7) is 3.70. The Labute approximate surface area is 96.8 Å². The first kappa shape index (κ1) is 12.6. The van der Waals surface area contributed by atoms with E-state index in [9.17, 15) is 9.59 Å². The minimum Gasteiger partial charge on any atom is -0.464 e. The van der Waals surface area contributed by atoms with Gasteiger partial charge in [-0.15, -0.1) is 11.3 Å². The van der Waals surface area contributed by atoms with Crippen LogP contribution in [0.3, 0.4) is 0 Å². The van der Waals surface area contributed by atoms with Crippen LogP contribution in [0.15, 0.2) is 6.20 Å². The number of hydrogen-bond donors (Lipinski definition) is 2. The van der Waals surface area contributed by atoms with Gasteiger partial charge in [0.1, 0.15) is 0 Å². The van der Waals surface area contributed by atoms with Crippen molar-refractivity contribution in [2.24, 2.45) is 5.73 Å². The molecule has 88 valence electrons. The van der Waals surface area contributed by atoms with Crippen molar-refractivity contribution < 1.29 is 14.3 Å². The van der Waals surface area contributed by atoms with E-state index in [1.54, 1.807) is 13.1 Å². The molecule has 0 aliphatic carbocycles. The summed E-state index contributed by atoms with van der Waals surface area (Å²) in [5, 5.41) is 2.86. The van der Waals surface area contributed by atoms with Crippen molar-refractivity contribution in [3.8, 4) is 0 Å². The van der Waals surface area contributed by atoms with E-state index in [1.807, 2.05) is 6.92 Å².